The summed E-state index contributed by atoms with van der Waals surface area (Å²) in [4.78, 5) is 21.7. The Hall–Kier alpha value is -2.18. The van der Waals surface area contributed by atoms with E-state index in [-0.39, 0.29) is 0 Å². The summed E-state index contributed by atoms with van der Waals surface area (Å²) in [5.41, 5.74) is 2.41. The smallest absolute Gasteiger partial charge is 0.413 e. The van der Waals surface area contributed by atoms with Crippen molar-refractivity contribution >= 4 is 44.5 Å². The fourth-order valence-electron chi connectivity index (χ4n) is 2.36. The van der Waals surface area contributed by atoms with Crippen LogP contribution in [0.4, 0.5) is 9.93 Å². The molecule has 5 nitrogen and oxygen atoms in total. The molecule has 0 aliphatic carbocycles. The summed E-state index contributed by atoms with van der Waals surface area (Å²) in [5.74, 6) is 0. The van der Waals surface area contributed by atoms with Crippen molar-refractivity contribution in [3.8, 4) is 0 Å². The number of anilines is 1. The number of carbonyl (C=O) groups excluding carboxylic acids is 1. The second-order valence-corrected chi connectivity index (χ2v) is 8.31. The first-order valence-corrected chi connectivity index (χ1v) is 9.49. The van der Waals surface area contributed by atoms with Gasteiger partial charge in [0.2, 0.25) is 0 Å². The van der Waals surface area contributed by atoms with Gasteiger partial charge in [0.05, 0.1) is 0 Å². The Balaban J connectivity index is 1.67. The zero-order valence-corrected chi connectivity index (χ0v) is 16.4. The van der Waals surface area contributed by atoms with E-state index in [1.807, 2.05) is 57.2 Å². The standard InChI is InChI=1S/C19H20ClN3O2S/c1-19(2,3)25-18(24)23-17-22-15-11-10-14(21-16(15)26-17)9-6-12-4-7-13(20)8-5-12/h4-5,7-8,10-11H,6,9H2,1-3H3,(H,22,23,24). The van der Waals surface area contributed by atoms with E-state index in [2.05, 4.69) is 15.3 Å². The van der Waals surface area contributed by atoms with Gasteiger partial charge in [0, 0.05) is 10.7 Å². The first-order valence-electron chi connectivity index (χ1n) is 8.29. The number of nitrogens with one attached hydrogen (secondary N) is 1. The van der Waals surface area contributed by atoms with Crippen LogP contribution in [0.1, 0.15) is 32.0 Å². The molecule has 1 aromatic carbocycles. The lowest BCUT2D eigenvalue weighted by atomic mass is 10.1. The normalized spacial score (nSPS) is 11.5. The Morgan fingerprint density at radius 3 is 2.54 bits per heavy atom. The van der Waals surface area contributed by atoms with Gasteiger partial charge in [-0.25, -0.2) is 14.8 Å². The summed E-state index contributed by atoms with van der Waals surface area (Å²) < 4.78 is 5.24. The highest BCUT2D eigenvalue weighted by molar-refractivity contribution is 7.21. The van der Waals surface area contributed by atoms with Crippen LogP contribution in [-0.4, -0.2) is 21.7 Å². The number of thiazole rings is 1. The van der Waals surface area contributed by atoms with Crippen LogP contribution < -0.4 is 5.32 Å². The molecule has 0 saturated heterocycles. The summed E-state index contributed by atoms with van der Waals surface area (Å²) in [6.07, 6.45) is 1.20. The molecule has 3 rings (SSSR count). The minimum atomic E-state index is -0.548. The van der Waals surface area contributed by atoms with E-state index in [1.165, 1.54) is 16.9 Å². The molecule has 0 saturated carbocycles. The van der Waals surface area contributed by atoms with Gasteiger partial charge >= 0.3 is 6.09 Å². The van der Waals surface area contributed by atoms with Crippen molar-refractivity contribution in [3.63, 3.8) is 0 Å². The number of ether oxygens (including phenoxy) is 1. The Morgan fingerprint density at radius 1 is 1.12 bits per heavy atom. The second kappa shape index (κ2) is 7.60. The van der Waals surface area contributed by atoms with Gasteiger partial charge < -0.3 is 4.74 Å². The zero-order valence-electron chi connectivity index (χ0n) is 14.9. The Bertz CT molecular complexity index is 917. The number of rotatable bonds is 4. The highest BCUT2D eigenvalue weighted by Gasteiger charge is 2.17. The van der Waals surface area contributed by atoms with Crippen LogP contribution in [0.5, 0.6) is 0 Å². The van der Waals surface area contributed by atoms with Crippen LogP contribution in [0.2, 0.25) is 5.02 Å². The molecule has 3 aromatic rings. The van der Waals surface area contributed by atoms with Crippen LogP contribution >= 0.6 is 22.9 Å². The molecular formula is C19H20ClN3O2S. The van der Waals surface area contributed by atoms with Gasteiger partial charge in [0.15, 0.2) is 5.13 Å². The van der Waals surface area contributed by atoms with E-state index in [9.17, 15) is 4.79 Å². The van der Waals surface area contributed by atoms with Crippen molar-refractivity contribution in [2.75, 3.05) is 5.32 Å². The third-order valence-electron chi connectivity index (χ3n) is 3.50. The third-order valence-corrected chi connectivity index (χ3v) is 4.64. The lowest BCUT2D eigenvalue weighted by Gasteiger charge is -2.18. The molecule has 136 valence electrons. The molecule has 0 bridgehead atoms. The average Bonchev–Trinajstić information content (AvgIpc) is 2.93. The molecule has 0 atom stereocenters. The van der Waals surface area contributed by atoms with Crippen LogP contribution in [0.3, 0.4) is 0 Å². The number of nitrogens with zero attached hydrogens (tertiary/aromatic N) is 2. The van der Waals surface area contributed by atoms with Gasteiger partial charge in [0.25, 0.3) is 0 Å². The molecule has 7 heteroatoms. The van der Waals surface area contributed by atoms with Gasteiger partial charge in [-0.05, 0) is 63.4 Å². The van der Waals surface area contributed by atoms with E-state index >= 15 is 0 Å². The van der Waals surface area contributed by atoms with Crippen LogP contribution in [0, 0.1) is 0 Å². The number of aryl methyl sites for hydroxylation is 2. The zero-order chi connectivity index (χ0) is 18.7. The molecule has 1 N–H and O–H groups in total. The summed E-state index contributed by atoms with van der Waals surface area (Å²) in [7, 11) is 0. The molecular weight excluding hydrogens is 370 g/mol. The maximum atomic E-state index is 11.9. The molecule has 0 radical (unpaired) electrons. The van der Waals surface area contributed by atoms with E-state index < -0.39 is 11.7 Å². The topological polar surface area (TPSA) is 64.1 Å². The maximum absolute atomic E-state index is 11.9. The number of aromatic nitrogens is 2. The number of carbonyl (C=O) groups is 1. The fraction of sp³-hybridized carbons (Fsp3) is 0.316. The van der Waals surface area contributed by atoms with Gasteiger partial charge in [-0.2, -0.15) is 0 Å². The number of amides is 1. The number of pyridine rings is 1. The number of halogens is 1. The van der Waals surface area contributed by atoms with E-state index in [1.54, 1.807) is 0 Å². The molecule has 2 heterocycles. The minimum absolute atomic E-state index is 0.483. The van der Waals surface area contributed by atoms with Crippen molar-refractivity contribution in [2.24, 2.45) is 0 Å². The quantitative estimate of drug-likeness (QED) is 0.641. The molecule has 1 amide bonds. The molecule has 0 aliphatic rings. The largest absolute Gasteiger partial charge is 0.444 e. The predicted molar refractivity (Wildman–Crippen MR) is 106 cm³/mol. The first-order chi connectivity index (χ1) is 12.3. The number of fused-ring (bicyclic) bond motifs is 1. The molecule has 0 aliphatic heterocycles. The Labute approximate surface area is 161 Å². The van der Waals surface area contributed by atoms with Crippen LogP contribution in [0.25, 0.3) is 10.3 Å². The highest BCUT2D eigenvalue weighted by Crippen LogP contribution is 2.25. The number of benzene rings is 1. The SMILES string of the molecule is CC(C)(C)OC(=O)Nc1nc2ccc(CCc3ccc(Cl)cc3)nc2s1. The molecule has 0 spiro atoms. The summed E-state index contributed by atoms with van der Waals surface area (Å²) in [6, 6.07) is 11.7. The van der Waals surface area contributed by atoms with Gasteiger partial charge in [-0.15, -0.1) is 0 Å². The summed E-state index contributed by atoms with van der Waals surface area (Å²) in [5, 5.41) is 3.89. The summed E-state index contributed by atoms with van der Waals surface area (Å²) in [6.45, 7) is 5.46. The van der Waals surface area contributed by atoms with Crippen molar-refractivity contribution in [3.05, 3.63) is 52.7 Å². The summed E-state index contributed by atoms with van der Waals surface area (Å²) >= 11 is 7.25. The van der Waals surface area contributed by atoms with E-state index in [0.29, 0.717) is 5.13 Å². The maximum Gasteiger partial charge on any atom is 0.413 e. The fourth-order valence-corrected chi connectivity index (χ4v) is 3.33. The number of hydrogen-bond acceptors (Lipinski definition) is 5. The lowest BCUT2D eigenvalue weighted by molar-refractivity contribution is 0.0636. The van der Waals surface area contributed by atoms with Gasteiger partial charge in [-0.3, -0.25) is 5.32 Å². The van der Waals surface area contributed by atoms with Gasteiger partial charge in [-0.1, -0.05) is 35.1 Å². The molecule has 0 unspecified atom stereocenters. The monoisotopic (exact) mass is 389 g/mol. The van der Waals surface area contributed by atoms with E-state index in [0.717, 1.165) is 33.9 Å². The Morgan fingerprint density at radius 2 is 1.85 bits per heavy atom. The van der Waals surface area contributed by atoms with Crippen LogP contribution in [-0.2, 0) is 17.6 Å². The first kappa shape index (κ1) is 18.6. The molecule has 2 aromatic heterocycles. The lowest BCUT2D eigenvalue weighted by Crippen LogP contribution is -2.27. The number of hydrogen-bond donors (Lipinski definition) is 1. The average molecular weight is 390 g/mol. The minimum Gasteiger partial charge on any atom is -0.444 e. The van der Waals surface area contributed by atoms with Crippen molar-refractivity contribution in [1.82, 2.24) is 9.97 Å². The van der Waals surface area contributed by atoms with Crippen molar-refractivity contribution < 1.29 is 9.53 Å². The molecule has 0 fully saturated rings. The van der Waals surface area contributed by atoms with Crippen molar-refractivity contribution in [1.29, 1.82) is 0 Å². The van der Waals surface area contributed by atoms with Gasteiger partial charge in [0.1, 0.15) is 15.9 Å². The Kier molecular flexibility index (Phi) is 5.44. The van der Waals surface area contributed by atoms with Crippen LogP contribution in [0.15, 0.2) is 36.4 Å². The third kappa shape index (κ3) is 5.16. The molecule has 26 heavy (non-hydrogen) atoms. The van der Waals surface area contributed by atoms with Crippen molar-refractivity contribution in [2.45, 2.75) is 39.2 Å². The van der Waals surface area contributed by atoms with E-state index in [4.69, 9.17) is 16.3 Å². The highest BCUT2D eigenvalue weighted by atomic mass is 35.5. The second-order valence-electron chi connectivity index (χ2n) is 6.90. The predicted octanol–water partition coefficient (Wildman–Crippen LogP) is 5.48.